The van der Waals surface area contributed by atoms with Crippen molar-refractivity contribution in [3.05, 3.63) is 0 Å². The van der Waals surface area contributed by atoms with Crippen LogP contribution in [0.2, 0.25) is 0 Å². The van der Waals surface area contributed by atoms with Crippen LogP contribution in [0.15, 0.2) is 0 Å². The third-order valence-electron chi connectivity index (χ3n) is 3.57. The standard InChI is InChI=1S/C16H28N2O9/c1-9(20)18-13-15(26-11(3)22)14(25-10(2)21)12(8-19)27-16(13)24-7-6-23-5-4-17/h12-16,19H,4-8,17H2,1-3H3,(H,18,20)/t12?,13?,14-,15+,16+/m0/s1. The Morgan fingerprint density at radius 2 is 1.67 bits per heavy atom. The van der Waals surface area contributed by atoms with Gasteiger partial charge in [-0.15, -0.1) is 0 Å². The van der Waals surface area contributed by atoms with Crippen molar-refractivity contribution < 1.29 is 43.2 Å². The minimum Gasteiger partial charge on any atom is -0.456 e. The van der Waals surface area contributed by atoms with Crippen molar-refractivity contribution in [2.24, 2.45) is 5.73 Å². The second kappa shape index (κ2) is 11.8. The van der Waals surface area contributed by atoms with Gasteiger partial charge < -0.3 is 39.8 Å². The van der Waals surface area contributed by atoms with E-state index in [0.717, 1.165) is 0 Å². The second-order valence-corrected chi connectivity index (χ2v) is 5.87. The number of hydrogen-bond acceptors (Lipinski definition) is 10. The highest BCUT2D eigenvalue weighted by molar-refractivity contribution is 5.73. The van der Waals surface area contributed by atoms with Crippen LogP contribution >= 0.6 is 0 Å². The lowest BCUT2D eigenvalue weighted by Gasteiger charge is -2.44. The van der Waals surface area contributed by atoms with Gasteiger partial charge in [-0.1, -0.05) is 0 Å². The first-order valence-electron chi connectivity index (χ1n) is 8.57. The summed E-state index contributed by atoms with van der Waals surface area (Å²) in [4.78, 5) is 34.6. The van der Waals surface area contributed by atoms with E-state index in [0.29, 0.717) is 13.2 Å². The van der Waals surface area contributed by atoms with Crippen LogP contribution in [0.4, 0.5) is 0 Å². The fourth-order valence-corrected chi connectivity index (χ4v) is 2.66. The van der Waals surface area contributed by atoms with Crippen molar-refractivity contribution in [1.29, 1.82) is 0 Å². The fraction of sp³-hybridized carbons (Fsp3) is 0.812. The van der Waals surface area contributed by atoms with Gasteiger partial charge in [-0.2, -0.15) is 0 Å². The van der Waals surface area contributed by atoms with Crippen LogP contribution in [0, 0.1) is 0 Å². The van der Waals surface area contributed by atoms with E-state index in [1.165, 1.54) is 20.8 Å². The van der Waals surface area contributed by atoms with Crippen LogP contribution in [0.25, 0.3) is 0 Å². The first kappa shape index (κ1) is 23.2. The maximum atomic E-state index is 11.6. The summed E-state index contributed by atoms with van der Waals surface area (Å²) in [5.74, 6) is -1.75. The molecule has 27 heavy (non-hydrogen) atoms. The molecule has 1 heterocycles. The van der Waals surface area contributed by atoms with E-state index in [-0.39, 0.29) is 13.2 Å². The minimum absolute atomic E-state index is 0.101. The smallest absolute Gasteiger partial charge is 0.303 e. The Morgan fingerprint density at radius 3 is 2.19 bits per heavy atom. The Labute approximate surface area is 157 Å². The predicted molar refractivity (Wildman–Crippen MR) is 90.3 cm³/mol. The maximum Gasteiger partial charge on any atom is 0.303 e. The molecule has 1 aliphatic heterocycles. The first-order valence-corrected chi connectivity index (χ1v) is 8.57. The van der Waals surface area contributed by atoms with E-state index < -0.39 is 55.1 Å². The van der Waals surface area contributed by atoms with Gasteiger partial charge >= 0.3 is 11.9 Å². The third kappa shape index (κ3) is 7.77. The molecule has 0 radical (unpaired) electrons. The summed E-state index contributed by atoms with van der Waals surface area (Å²) in [5, 5.41) is 12.2. The molecule has 0 aromatic heterocycles. The molecule has 11 nitrogen and oxygen atoms in total. The lowest BCUT2D eigenvalue weighted by molar-refractivity contribution is -0.278. The number of amides is 1. The summed E-state index contributed by atoms with van der Waals surface area (Å²) in [6.07, 6.45) is -4.32. The van der Waals surface area contributed by atoms with Gasteiger partial charge in [-0.3, -0.25) is 14.4 Å². The van der Waals surface area contributed by atoms with Crippen LogP contribution in [0.3, 0.4) is 0 Å². The topological polar surface area (TPSA) is 156 Å². The molecule has 11 heteroatoms. The number of aliphatic hydroxyl groups excluding tert-OH is 1. The van der Waals surface area contributed by atoms with Crippen LogP contribution in [0.1, 0.15) is 20.8 Å². The number of aliphatic hydroxyl groups is 1. The lowest BCUT2D eigenvalue weighted by atomic mass is 9.96. The van der Waals surface area contributed by atoms with Crippen molar-refractivity contribution in [2.75, 3.05) is 33.0 Å². The van der Waals surface area contributed by atoms with Crippen molar-refractivity contribution >= 4 is 17.8 Å². The van der Waals surface area contributed by atoms with Gasteiger partial charge in [-0.05, 0) is 0 Å². The van der Waals surface area contributed by atoms with Gasteiger partial charge in [-0.25, -0.2) is 0 Å². The Balaban J connectivity index is 3.01. The molecular weight excluding hydrogens is 364 g/mol. The second-order valence-electron chi connectivity index (χ2n) is 5.87. The average molecular weight is 392 g/mol. The number of esters is 2. The average Bonchev–Trinajstić information content (AvgIpc) is 2.57. The number of carbonyl (C=O) groups excluding carboxylic acids is 3. The van der Waals surface area contributed by atoms with Crippen LogP contribution in [-0.4, -0.2) is 86.6 Å². The van der Waals surface area contributed by atoms with E-state index in [2.05, 4.69) is 5.32 Å². The van der Waals surface area contributed by atoms with Crippen LogP contribution in [0.5, 0.6) is 0 Å². The Morgan fingerprint density at radius 1 is 1.04 bits per heavy atom. The zero-order chi connectivity index (χ0) is 20.4. The summed E-state index contributed by atoms with van der Waals surface area (Å²) < 4.78 is 26.9. The first-order chi connectivity index (χ1) is 12.8. The maximum absolute atomic E-state index is 11.6. The van der Waals surface area contributed by atoms with Gasteiger partial charge in [0.2, 0.25) is 5.91 Å². The lowest BCUT2D eigenvalue weighted by Crippen LogP contribution is -2.66. The summed E-state index contributed by atoms with van der Waals surface area (Å²) in [6.45, 7) is 4.13. The number of nitrogens with one attached hydrogen (secondary N) is 1. The minimum atomic E-state index is -1.12. The molecule has 2 unspecified atom stereocenters. The number of carbonyl (C=O) groups is 3. The third-order valence-corrected chi connectivity index (χ3v) is 3.57. The van der Waals surface area contributed by atoms with Crippen molar-refractivity contribution in [3.63, 3.8) is 0 Å². The summed E-state index contributed by atoms with van der Waals surface area (Å²) in [7, 11) is 0. The fourth-order valence-electron chi connectivity index (χ4n) is 2.66. The Bertz CT molecular complexity index is 502. The highest BCUT2D eigenvalue weighted by Gasteiger charge is 2.50. The van der Waals surface area contributed by atoms with E-state index >= 15 is 0 Å². The molecule has 156 valence electrons. The molecule has 4 N–H and O–H groups in total. The number of nitrogens with two attached hydrogens (primary N) is 1. The Hall–Kier alpha value is -1.79. The number of hydrogen-bond donors (Lipinski definition) is 3. The molecular formula is C16H28N2O9. The van der Waals surface area contributed by atoms with Crippen molar-refractivity contribution in [3.8, 4) is 0 Å². The van der Waals surface area contributed by atoms with Gasteiger partial charge in [0.1, 0.15) is 12.1 Å². The molecule has 0 spiro atoms. The molecule has 1 rings (SSSR count). The highest BCUT2D eigenvalue weighted by Crippen LogP contribution is 2.27. The number of rotatable bonds is 10. The van der Waals surface area contributed by atoms with Crippen LogP contribution in [-0.2, 0) is 38.1 Å². The van der Waals surface area contributed by atoms with E-state index in [1.807, 2.05) is 0 Å². The quantitative estimate of drug-likeness (QED) is 0.282. The van der Waals surface area contributed by atoms with Crippen LogP contribution < -0.4 is 11.1 Å². The SMILES string of the molecule is CC(=O)NC1[C@H](OCCOCCN)OC(CO)[C@H](OC(C)=O)[C@@H]1OC(C)=O. The zero-order valence-corrected chi connectivity index (χ0v) is 15.7. The molecule has 0 bridgehead atoms. The molecule has 1 aliphatic rings. The summed E-state index contributed by atoms with van der Waals surface area (Å²) >= 11 is 0. The Kier molecular flexibility index (Phi) is 10.2. The number of ether oxygens (including phenoxy) is 5. The van der Waals surface area contributed by atoms with E-state index in [9.17, 15) is 19.5 Å². The normalized spacial score (nSPS) is 27.7. The predicted octanol–water partition coefficient (Wildman–Crippen LogP) is -1.94. The zero-order valence-electron chi connectivity index (χ0n) is 15.7. The molecule has 5 atom stereocenters. The van der Waals surface area contributed by atoms with E-state index in [1.54, 1.807) is 0 Å². The van der Waals surface area contributed by atoms with Gasteiger partial charge in [0.25, 0.3) is 0 Å². The molecule has 0 aromatic rings. The summed E-state index contributed by atoms with van der Waals surface area (Å²) in [5.41, 5.74) is 5.33. The van der Waals surface area contributed by atoms with Gasteiger partial charge in [0.05, 0.1) is 26.4 Å². The molecule has 0 saturated carbocycles. The molecule has 0 aromatic carbocycles. The van der Waals surface area contributed by atoms with Crippen molar-refractivity contribution in [2.45, 2.75) is 51.4 Å². The van der Waals surface area contributed by atoms with Crippen molar-refractivity contribution in [1.82, 2.24) is 5.32 Å². The molecule has 1 amide bonds. The monoisotopic (exact) mass is 392 g/mol. The summed E-state index contributed by atoms with van der Waals surface area (Å²) in [6, 6.07) is -0.965. The molecule has 1 fully saturated rings. The van der Waals surface area contributed by atoms with E-state index in [4.69, 9.17) is 29.4 Å². The largest absolute Gasteiger partial charge is 0.456 e. The van der Waals surface area contributed by atoms with Gasteiger partial charge in [0, 0.05) is 27.3 Å². The molecule has 1 saturated heterocycles. The highest BCUT2D eigenvalue weighted by atomic mass is 16.7. The van der Waals surface area contributed by atoms with Gasteiger partial charge in [0.15, 0.2) is 18.5 Å². The molecule has 0 aliphatic carbocycles.